The Balaban J connectivity index is 1.52. The molecule has 0 aliphatic carbocycles. The minimum atomic E-state index is -3.04. The second-order valence-electron chi connectivity index (χ2n) is 7.39. The van der Waals surface area contributed by atoms with Crippen LogP contribution in [0.1, 0.15) is 13.3 Å². The van der Waals surface area contributed by atoms with E-state index in [9.17, 15) is 13.2 Å². The van der Waals surface area contributed by atoms with E-state index in [0.29, 0.717) is 23.9 Å². The molecule has 31 heavy (non-hydrogen) atoms. The van der Waals surface area contributed by atoms with Gasteiger partial charge in [0.15, 0.2) is 15.0 Å². The summed E-state index contributed by atoms with van der Waals surface area (Å²) in [5, 5.41) is 4.73. The van der Waals surface area contributed by atoms with Crippen molar-refractivity contribution < 1.29 is 13.2 Å². The summed E-state index contributed by atoms with van der Waals surface area (Å²) >= 11 is 1.27. The first-order chi connectivity index (χ1) is 14.9. The number of benzene rings is 2. The Morgan fingerprint density at radius 3 is 2.58 bits per heavy atom. The summed E-state index contributed by atoms with van der Waals surface area (Å²) in [6.07, 6.45) is 0.504. The van der Waals surface area contributed by atoms with Crippen LogP contribution in [0.25, 0.3) is 10.9 Å². The van der Waals surface area contributed by atoms with Gasteiger partial charge in [0, 0.05) is 23.7 Å². The minimum absolute atomic E-state index is 0.0505. The molecule has 1 aliphatic rings. The summed E-state index contributed by atoms with van der Waals surface area (Å²) < 4.78 is 23.6. The van der Waals surface area contributed by atoms with Crippen molar-refractivity contribution >= 4 is 49.9 Å². The van der Waals surface area contributed by atoms with Crippen LogP contribution in [0, 0.1) is 0 Å². The van der Waals surface area contributed by atoms with Crippen molar-refractivity contribution in [3.63, 3.8) is 0 Å². The third-order valence-electron chi connectivity index (χ3n) is 5.25. The molecule has 0 saturated carbocycles. The first-order valence-corrected chi connectivity index (χ1v) is 13.0. The number of fused-ring (bicyclic) bond motifs is 1. The quantitative estimate of drug-likeness (QED) is 0.430. The zero-order chi connectivity index (χ0) is 21.8. The highest BCUT2D eigenvalue weighted by Crippen LogP contribution is 2.27. The second kappa shape index (κ2) is 9.23. The molecule has 1 atom stereocenters. The standard InChI is InChI=1S/C22H24N4O3S2/c1-2-26(17-12-13-31(28,29)15-17)20(27)14-30-22-24-19-11-7-6-10-18(19)21(25-22)23-16-8-4-3-5-9-16/h3-11,17H,2,12-15H2,1H3,(H,23,24,25). The van der Waals surface area contributed by atoms with Gasteiger partial charge in [0.25, 0.3) is 0 Å². The van der Waals surface area contributed by atoms with Gasteiger partial charge in [-0.3, -0.25) is 4.79 Å². The van der Waals surface area contributed by atoms with Crippen LogP contribution in [0.5, 0.6) is 0 Å². The van der Waals surface area contributed by atoms with Crippen LogP contribution in [0.2, 0.25) is 0 Å². The molecule has 1 saturated heterocycles. The van der Waals surface area contributed by atoms with E-state index in [0.717, 1.165) is 16.6 Å². The fourth-order valence-corrected chi connectivity index (χ4v) is 6.21. The van der Waals surface area contributed by atoms with Crippen molar-refractivity contribution in [2.24, 2.45) is 0 Å². The van der Waals surface area contributed by atoms with Crippen LogP contribution in [-0.4, -0.2) is 59.0 Å². The summed E-state index contributed by atoms with van der Waals surface area (Å²) in [7, 11) is -3.04. The number of aromatic nitrogens is 2. The molecular weight excluding hydrogens is 432 g/mol. The molecule has 4 rings (SSSR count). The average molecular weight is 457 g/mol. The number of nitrogens with zero attached hydrogens (tertiary/aromatic N) is 3. The van der Waals surface area contributed by atoms with Gasteiger partial charge in [0.1, 0.15) is 5.82 Å². The molecule has 7 nitrogen and oxygen atoms in total. The van der Waals surface area contributed by atoms with Gasteiger partial charge in [-0.1, -0.05) is 42.1 Å². The number of carbonyl (C=O) groups is 1. The molecule has 0 spiro atoms. The van der Waals surface area contributed by atoms with Crippen LogP contribution in [-0.2, 0) is 14.6 Å². The number of rotatable bonds is 7. The molecule has 1 unspecified atom stereocenters. The van der Waals surface area contributed by atoms with Gasteiger partial charge in [-0.15, -0.1) is 0 Å². The lowest BCUT2D eigenvalue weighted by Crippen LogP contribution is -2.41. The van der Waals surface area contributed by atoms with Gasteiger partial charge in [0.05, 0.1) is 22.8 Å². The Morgan fingerprint density at radius 1 is 1.13 bits per heavy atom. The molecule has 1 N–H and O–H groups in total. The van der Waals surface area contributed by atoms with E-state index in [4.69, 9.17) is 0 Å². The smallest absolute Gasteiger partial charge is 0.233 e. The van der Waals surface area contributed by atoms with Crippen molar-refractivity contribution in [2.45, 2.75) is 24.5 Å². The fourth-order valence-electron chi connectivity index (χ4n) is 3.74. The number of hydrogen-bond donors (Lipinski definition) is 1. The Hall–Kier alpha value is -2.65. The van der Waals surface area contributed by atoms with Gasteiger partial charge in [-0.2, -0.15) is 0 Å². The monoisotopic (exact) mass is 456 g/mol. The van der Waals surface area contributed by atoms with Crippen molar-refractivity contribution in [2.75, 3.05) is 29.1 Å². The van der Waals surface area contributed by atoms with E-state index in [2.05, 4.69) is 15.3 Å². The lowest BCUT2D eigenvalue weighted by molar-refractivity contribution is -0.129. The number of carbonyl (C=O) groups excluding carboxylic acids is 1. The highest BCUT2D eigenvalue weighted by Gasteiger charge is 2.33. The van der Waals surface area contributed by atoms with Crippen LogP contribution in [0.15, 0.2) is 59.8 Å². The summed E-state index contributed by atoms with van der Waals surface area (Å²) in [5.41, 5.74) is 1.71. The number of amides is 1. The summed E-state index contributed by atoms with van der Waals surface area (Å²) in [6, 6.07) is 17.3. The first kappa shape index (κ1) is 21.6. The maximum absolute atomic E-state index is 12.8. The molecule has 0 bridgehead atoms. The maximum Gasteiger partial charge on any atom is 0.233 e. The summed E-state index contributed by atoms with van der Waals surface area (Å²) in [4.78, 5) is 23.7. The molecule has 1 aliphatic heterocycles. The Bertz CT molecular complexity index is 1190. The number of anilines is 2. The second-order valence-corrected chi connectivity index (χ2v) is 10.6. The predicted octanol–water partition coefficient (Wildman–Crippen LogP) is 3.50. The van der Waals surface area contributed by atoms with Gasteiger partial charge in [-0.25, -0.2) is 18.4 Å². The van der Waals surface area contributed by atoms with Gasteiger partial charge >= 0.3 is 0 Å². The zero-order valence-corrected chi connectivity index (χ0v) is 18.8. The number of nitrogens with one attached hydrogen (secondary N) is 1. The van der Waals surface area contributed by atoms with E-state index in [1.54, 1.807) is 4.90 Å². The highest BCUT2D eigenvalue weighted by molar-refractivity contribution is 7.99. The highest BCUT2D eigenvalue weighted by atomic mass is 32.2. The number of hydrogen-bond acceptors (Lipinski definition) is 7. The normalized spacial score (nSPS) is 17.5. The molecule has 9 heteroatoms. The topological polar surface area (TPSA) is 92.3 Å². The lowest BCUT2D eigenvalue weighted by Gasteiger charge is -2.26. The molecule has 162 valence electrons. The van der Waals surface area contributed by atoms with E-state index >= 15 is 0 Å². The van der Waals surface area contributed by atoms with E-state index in [1.165, 1.54) is 11.8 Å². The molecule has 3 aromatic rings. The van der Waals surface area contributed by atoms with E-state index in [-0.39, 0.29) is 29.2 Å². The van der Waals surface area contributed by atoms with Gasteiger partial charge in [0.2, 0.25) is 5.91 Å². The summed E-state index contributed by atoms with van der Waals surface area (Å²) in [6.45, 7) is 2.36. The molecule has 1 fully saturated rings. The third kappa shape index (κ3) is 5.16. The van der Waals surface area contributed by atoms with Crippen LogP contribution in [0.3, 0.4) is 0 Å². The number of para-hydroxylation sites is 2. The van der Waals surface area contributed by atoms with Crippen molar-refractivity contribution in [3.05, 3.63) is 54.6 Å². The van der Waals surface area contributed by atoms with Crippen LogP contribution >= 0.6 is 11.8 Å². The van der Waals surface area contributed by atoms with Gasteiger partial charge < -0.3 is 10.2 Å². The first-order valence-electron chi connectivity index (χ1n) is 10.2. The molecule has 0 radical (unpaired) electrons. The van der Waals surface area contributed by atoms with Crippen molar-refractivity contribution in [1.82, 2.24) is 14.9 Å². The summed E-state index contributed by atoms with van der Waals surface area (Å²) in [5.74, 6) is 0.948. The lowest BCUT2D eigenvalue weighted by atomic mass is 10.2. The minimum Gasteiger partial charge on any atom is -0.340 e. The Morgan fingerprint density at radius 2 is 1.87 bits per heavy atom. The molecule has 2 aromatic carbocycles. The largest absolute Gasteiger partial charge is 0.340 e. The van der Waals surface area contributed by atoms with Crippen LogP contribution < -0.4 is 5.32 Å². The zero-order valence-electron chi connectivity index (χ0n) is 17.2. The average Bonchev–Trinajstić information content (AvgIpc) is 3.13. The fraction of sp³-hybridized carbons (Fsp3) is 0.318. The predicted molar refractivity (Wildman–Crippen MR) is 124 cm³/mol. The number of sulfone groups is 1. The molecular formula is C22H24N4O3S2. The Kier molecular flexibility index (Phi) is 6.43. The number of thioether (sulfide) groups is 1. The molecule has 1 amide bonds. The molecule has 1 aromatic heterocycles. The maximum atomic E-state index is 12.8. The molecule has 2 heterocycles. The van der Waals surface area contributed by atoms with Crippen molar-refractivity contribution in [1.29, 1.82) is 0 Å². The Labute approximate surface area is 186 Å². The van der Waals surface area contributed by atoms with Crippen LogP contribution in [0.4, 0.5) is 11.5 Å². The van der Waals surface area contributed by atoms with Crippen molar-refractivity contribution in [3.8, 4) is 0 Å². The van der Waals surface area contributed by atoms with E-state index in [1.807, 2.05) is 61.5 Å². The third-order valence-corrected chi connectivity index (χ3v) is 7.84. The van der Waals surface area contributed by atoms with E-state index < -0.39 is 9.84 Å². The van der Waals surface area contributed by atoms with Gasteiger partial charge in [-0.05, 0) is 37.6 Å². The SMILES string of the molecule is CCN(C(=O)CSc1nc(Nc2ccccc2)c2ccccc2n1)C1CCS(=O)(=O)C1.